The Labute approximate surface area is 151 Å². The third-order valence-electron chi connectivity index (χ3n) is 5.31. The zero-order chi connectivity index (χ0) is 17.4. The highest BCUT2D eigenvalue weighted by Crippen LogP contribution is 2.54. The zero-order valence-electron chi connectivity index (χ0n) is 14.0. The van der Waals surface area contributed by atoms with E-state index >= 15 is 0 Å². The van der Waals surface area contributed by atoms with E-state index in [-0.39, 0.29) is 5.41 Å². The van der Waals surface area contributed by atoms with E-state index in [1.807, 2.05) is 18.2 Å². The van der Waals surface area contributed by atoms with Gasteiger partial charge in [-0.05, 0) is 42.5 Å². The highest BCUT2D eigenvalue weighted by atomic mass is 35.5. The largest absolute Gasteiger partial charge is 0.497 e. The van der Waals surface area contributed by atoms with Crippen LogP contribution in [0.1, 0.15) is 24.0 Å². The molecule has 4 rings (SSSR count). The van der Waals surface area contributed by atoms with Crippen molar-refractivity contribution < 1.29 is 9.94 Å². The number of oxime groups is 1. The van der Waals surface area contributed by atoms with Gasteiger partial charge < -0.3 is 14.8 Å². The maximum absolute atomic E-state index is 8.78. The van der Waals surface area contributed by atoms with Crippen molar-refractivity contribution in [2.75, 3.05) is 18.6 Å². The normalized spacial score (nSPS) is 24.6. The highest BCUT2D eigenvalue weighted by molar-refractivity contribution is 6.30. The monoisotopic (exact) mass is 357 g/mol. The minimum Gasteiger partial charge on any atom is -0.497 e. The quantitative estimate of drug-likeness (QED) is 0.512. The number of benzene rings is 1. The second-order valence-corrected chi connectivity index (χ2v) is 7.38. The van der Waals surface area contributed by atoms with Gasteiger partial charge in [0.1, 0.15) is 11.6 Å². The van der Waals surface area contributed by atoms with E-state index in [2.05, 4.69) is 27.2 Å². The summed E-state index contributed by atoms with van der Waals surface area (Å²) in [5, 5.41) is 12.6. The van der Waals surface area contributed by atoms with E-state index < -0.39 is 0 Å². The van der Waals surface area contributed by atoms with E-state index in [0.717, 1.165) is 37.5 Å². The van der Waals surface area contributed by atoms with Gasteiger partial charge in [-0.15, -0.1) is 5.16 Å². The fourth-order valence-electron chi connectivity index (χ4n) is 4.17. The molecule has 0 bridgehead atoms. The Hall–Kier alpha value is -2.27. The summed E-state index contributed by atoms with van der Waals surface area (Å²) in [5.41, 5.74) is 2.50. The summed E-state index contributed by atoms with van der Waals surface area (Å²) in [6, 6.07) is 10.2. The van der Waals surface area contributed by atoms with Crippen LogP contribution in [0.25, 0.3) is 0 Å². The molecule has 1 aliphatic carbocycles. The van der Waals surface area contributed by atoms with Crippen molar-refractivity contribution in [1.82, 2.24) is 4.98 Å². The molecule has 2 aliphatic rings. The molecule has 25 heavy (non-hydrogen) atoms. The number of anilines is 1. The third kappa shape index (κ3) is 2.82. The lowest BCUT2D eigenvalue weighted by molar-refractivity contribution is 0.209. The molecule has 2 aromatic rings. The second kappa shape index (κ2) is 6.23. The molecule has 1 fully saturated rings. The number of aromatic nitrogens is 1. The minimum absolute atomic E-state index is 0.0611. The lowest BCUT2D eigenvalue weighted by Crippen LogP contribution is -2.45. The first-order chi connectivity index (χ1) is 12.1. The first kappa shape index (κ1) is 16.2. The van der Waals surface area contributed by atoms with Gasteiger partial charge in [-0.3, -0.25) is 0 Å². The molecular weight excluding hydrogens is 338 g/mol. The molecule has 5 nitrogen and oxygen atoms in total. The Kier molecular flexibility index (Phi) is 4.04. The van der Waals surface area contributed by atoms with Crippen LogP contribution < -0.4 is 9.64 Å². The lowest BCUT2D eigenvalue weighted by atomic mass is 9.60. The Balaban J connectivity index is 1.60. The summed E-state index contributed by atoms with van der Waals surface area (Å²) in [5.74, 6) is 2.19. The smallest absolute Gasteiger partial charge is 0.132 e. The Morgan fingerprint density at radius 3 is 2.84 bits per heavy atom. The number of hydrogen-bond donors (Lipinski definition) is 1. The summed E-state index contributed by atoms with van der Waals surface area (Å²) in [6.45, 7) is 1.71. The molecule has 1 aliphatic heterocycles. The van der Waals surface area contributed by atoms with Crippen LogP contribution in [0, 0.1) is 5.92 Å². The summed E-state index contributed by atoms with van der Waals surface area (Å²) in [4.78, 5) is 6.92. The molecule has 1 saturated carbocycles. The van der Waals surface area contributed by atoms with E-state index in [4.69, 9.17) is 21.5 Å². The number of fused-ring (bicyclic) bond motifs is 2. The van der Waals surface area contributed by atoms with Crippen molar-refractivity contribution >= 4 is 23.6 Å². The number of hydrogen-bond acceptors (Lipinski definition) is 5. The number of methoxy groups -OCH3 is 1. The first-order valence-corrected chi connectivity index (χ1v) is 8.73. The van der Waals surface area contributed by atoms with Crippen LogP contribution in [0.4, 0.5) is 5.82 Å². The number of nitrogens with zero attached hydrogens (tertiary/aromatic N) is 3. The molecule has 2 heterocycles. The van der Waals surface area contributed by atoms with Crippen LogP contribution in [0.15, 0.2) is 41.7 Å². The van der Waals surface area contributed by atoms with Gasteiger partial charge in [-0.2, -0.15) is 0 Å². The van der Waals surface area contributed by atoms with Crippen LogP contribution in [-0.4, -0.2) is 30.1 Å². The van der Waals surface area contributed by atoms with E-state index in [1.165, 1.54) is 11.1 Å². The number of ether oxygens (including phenoxy) is 1. The van der Waals surface area contributed by atoms with Crippen molar-refractivity contribution in [2.45, 2.75) is 24.8 Å². The molecule has 1 N–H and O–H groups in total. The van der Waals surface area contributed by atoms with E-state index in [1.54, 1.807) is 19.5 Å². The van der Waals surface area contributed by atoms with Crippen molar-refractivity contribution in [3.63, 3.8) is 0 Å². The predicted octanol–water partition coefficient (Wildman–Crippen LogP) is 3.87. The van der Waals surface area contributed by atoms with Crippen LogP contribution in [0.3, 0.4) is 0 Å². The van der Waals surface area contributed by atoms with Gasteiger partial charge in [0.05, 0.1) is 12.1 Å². The first-order valence-electron chi connectivity index (χ1n) is 8.35. The number of halogens is 1. The van der Waals surface area contributed by atoms with Gasteiger partial charge in [0.2, 0.25) is 0 Å². The van der Waals surface area contributed by atoms with Crippen molar-refractivity contribution in [3.8, 4) is 5.75 Å². The molecule has 0 saturated heterocycles. The molecule has 0 radical (unpaired) electrons. The SMILES string of the molecule is COc1ccc(CN2CC3(CC(C=NO)C3)c3cc(Cl)cnc32)cc1. The fourth-order valence-corrected chi connectivity index (χ4v) is 4.33. The molecule has 0 amide bonds. The van der Waals surface area contributed by atoms with Crippen molar-refractivity contribution in [2.24, 2.45) is 11.1 Å². The summed E-state index contributed by atoms with van der Waals surface area (Å²) in [6.07, 6.45) is 5.27. The molecular formula is C19H20ClN3O2. The summed E-state index contributed by atoms with van der Waals surface area (Å²) in [7, 11) is 1.67. The lowest BCUT2D eigenvalue weighted by Gasteiger charge is -2.44. The molecule has 0 unspecified atom stereocenters. The standard InChI is InChI=1S/C19H20ClN3O2/c1-25-16-4-2-13(3-5-16)11-23-12-19(7-14(8-19)9-22-24)17-6-15(20)10-21-18(17)23/h2-6,9-10,14,24H,7-8,11-12H2,1H3. The fraction of sp³-hybridized carbons (Fsp3) is 0.368. The maximum Gasteiger partial charge on any atom is 0.132 e. The molecule has 1 aromatic heterocycles. The van der Waals surface area contributed by atoms with Crippen molar-refractivity contribution in [3.05, 3.63) is 52.7 Å². The second-order valence-electron chi connectivity index (χ2n) is 6.94. The number of rotatable bonds is 4. The van der Waals surface area contributed by atoms with E-state index in [9.17, 15) is 0 Å². The van der Waals surface area contributed by atoms with Crippen molar-refractivity contribution in [1.29, 1.82) is 0 Å². The average Bonchev–Trinajstić information content (AvgIpc) is 2.89. The Morgan fingerprint density at radius 1 is 1.40 bits per heavy atom. The van der Waals surface area contributed by atoms with E-state index in [0.29, 0.717) is 10.9 Å². The maximum atomic E-state index is 8.78. The van der Waals surface area contributed by atoms with Crippen LogP contribution >= 0.6 is 11.6 Å². The summed E-state index contributed by atoms with van der Waals surface area (Å²) >= 11 is 6.21. The van der Waals surface area contributed by atoms with Crippen LogP contribution in [-0.2, 0) is 12.0 Å². The van der Waals surface area contributed by atoms with Gasteiger partial charge in [0.15, 0.2) is 0 Å². The Morgan fingerprint density at radius 2 is 2.16 bits per heavy atom. The van der Waals surface area contributed by atoms with Gasteiger partial charge in [0.25, 0.3) is 0 Å². The molecule has 6 heteroatoms. The molecule has 130 valence electrons. The Bertz CT molecular complexity index is 801. The zero-order valence-corrected chi connectivity index (χ0v) is 14.8. The van der Waals surface area contributed by atoms with Crippen LogP contribution in [0.5, 0.6) is 5.75 Å². The predicted molar refractivity (Wildman–Crippen MR) is 98.0 cm³/mol. The molecule has 1 aromatic carbocycles. The molecule has 0 atom stereocenters. The average molecular weight is 358 g/mol. The minimum atomic E-state index is 0.0611. The molecule has 1 spiro atoms. The van der Waals surface area contributed by atoms with Gasteiger partial charge >= 0.3 is 0 Å². The highest BCUT2D eigenvalue weighted by Gasteiger charge is 2.52. The van der Waals surface area contributed by atoms with Crippen LogP contribution in [0.2, 0.25) is 5.02 Å². The number of pyridine rings is 1. The van der Waals surface area contributed by atoms with Gasteiger partial charge in [-0.25, -0.2) is 4.98 Å². The topological polar surface area (TPSA) is 58.0 Å². The van der Waals surface area contributed by atoms with Gasteiger partial charge in [0, 0.05) is 36.5 Å². The van der Waals surface area contributed by atoms with Gasteiger partial charge in [-0.1, -0.05) is 23.7 Å². The third-order valence-corrected chi connectivity index (χ3v) is 5.52. The summed E-state index contributed by atoms with van der Waals surface area (Å²) < 4.78 is 5.23.